The van der Waals surface area contributed by atoms with Crippen LogP contribution in [0.3, 0.4) is 0 Å². The van der Waals surface area contributed by atoms with Crippen molar-refractivity contribution in [3.8, 4) is 23.2 Å². The molecule has 1 amide bonds. The van der Waals surface area contributed by atoms with Gasteiger partial charge >= 0.3 is 0 Å². The Bertz CT molecular complexity index is 872. The number of methoxy groups -OCH3 is 1. The molecule has 0 atom stereocenters. The van der Waals surface area contributed by atoms with Crippen molar-refractivity contribution in [2.24, 2.45) is 0 Å². The predicted molar refractivity (Wildman–Crippen MR) is 99.0 cm³/mol. The van der Waals surface area contributed by atoms with Gasteiger partial charge in [-0.2, -0.15) is 10.4 Å². The molecule has 2 aromatic rings. The Balaban J connectivity index is 1.70. The zero-order valence-corrected chi connectivity index (χ0v) is 15.4. The fourth-order valence-corrected chi connectivity index (χ4v) is 3.50. The van der Waals surface area contributed by atoms with Gasteiger partial charge in [-0.1, -0.05) is 0 Å². The zero-order chi connectivity index (χ0) is 18.6. The summed E-state index contributed by atoms with van der Waals surface area (Å²) in [4.78, 5) is 12.3. The van der Waals surface area contributed by atoms with E-state index < -0.39 is 5.54 Å². The van der Waals surface area contributed by atoms with E-state index in [4.69, 9.17) is 17.0 Å². The Hall–Kier alpha value is -2.66. The average molecular weight is 371 g/mol. The van der Waals surface area contributed by atoms with Crippen LogP contribution >= 0.6 is 12.2 Å². The molecule has 0 radical (unpaired) electrons. The van der Waals surface area contributed by atoms with Gasteiger partial charge in [-0.3, -0.25) is 14.5 Å². The largest absolute Gasteiger partial charge is 0.497 e. The highest BCUT2D eigenvalue weighted by Gasteiger charge is 2.35. The van der Waals surface area contributed by atoms with Crippen LogP contribution in [0.2, 0.25) is 0 Å². The van der Waals surface area contributed by atoms with Crippen LogP contribution < -0.4 is 10.1 Å². The lowest BCUT2D eigenvalue weighted by Gasteiger charge is -2.22. The normalized spacial score (nSPS) is 15.4. The Labute approximate surface area is 157 Å². The number of H-pyrrole nitrogens is 1. The molecule has 8 heteroatoms. The maximum atomic E-state index is 12.3. The van der Waals surface area contributed by atoms with Crippen LogP contribution in [-0.4, -0.2) is 33.3 Å². The molecule has 0 saturated heterocycles. The van der Waals surface area contributed by atoms with Crippen LogP contribution in [0.5, 0.6) is 5.75 Å². The van der Waals surface area contributed by atoms with Crippen LogP contribution in [0.4, 0.5) is 0 Å². The summed E-state index contributed by atoms with van der Waals surface area (Å²) in [5.41, 5.74) is 0.177. The summed E-state index contributed by atoms with van der Waals surface area (Å²) in [5.74, 6) is 1.28. The Morgan fingerprint density at radius 2 is 2.12 bits per heavy atom. The highest BCUT2D eigenvalue weighted by Crippen LogP contribution is 2.29. The topological polar surface area (TPSA) is 95.7 Å². The molecule has 1 aromatic heterocycles. The molecule has 136 valence electrons. The van der Waals surface area contributed by atoms with Crippen LogP contribution in [0.15, 0.2) is 24.3 Å². The van der Waals surface area contributed by atoms with Crippen molar-refractivity contribution in [1.82, 2.24) is 20.1 Å². The molecule has 2 N–H and O–H groups in total. The van der Waals surface area contributed by atoms with E-state index in [2.05, 4.69) is 21.6 Å². The van der Waals surface area contributed by atoms with E-state index >= 15 is 0 Å². The maximum Gasteiger partial charge on any atom is 0.223 e. The summed E-state index contributed by atoms with van der Waals surface area (Å²) in [6.45, 7) is 0.393. The smallest absolute Gasteiger partial charge is 0.223 e. The number of aromatic nitrogens is 3. The van der Waals surface area contributed by atoms with Crippen molar-refractivity contribution >= 4 is 18.1 Å². The number of hydrogen-bond donors (Lipinski definition) is 2. The van der Waals surface area contributed by atoms with Crippen LogP contribution in [0.1, 0.15) is 32.1 Å². The second-order valence-corrected chi connectivity index (χ2v) is 6.82. The molecule has 0 aliphatic heterocycles. The standard InChI is InChI=1S/C18H21N5O2S/c1-25-14-6-4-13(5-7-14)16-21-22-17(26)23(16)11-8-15(24)20-18(12-19)9-2-3-10-18/h4-7H,2-3,8-11H2,1H3,(H,20,24)(H,22,26). The van der Waals surface area contributed by atoms with Crippen LogP contribution in [0.25, 0.3) is 11.4 Å². The van der Waals surface area contributed by atoms with Crippen LogP contribution in [0, 0.1) is 16.1 Å². The molecular weight excluding hydrogens is 350 g/mol. The molecular formula is C18H21N5O2S. The number of amides is 1. The fourth-order valence-electron chi connectivity index (χ4n) is 3.27. The predicted octanol–water partition coefficient (Wildman–Crippen LogP) is 2.96. The van der Waals surface area contributed by atoms with Crippen molar-refractivity contribution in [1.29, 1.82) is 5.26 Å². The molecule has 1 heterocycles. The summed E-state index contributed by atoms with van der Waals surface area (Å²) >= 11 is 5.30. The lowest BCUT2D eigenvalue weighted by Crippen LogP contribution is -2.45. The molecule has 1 saturated carbocycles. The van der Waals surface area contributed by atoms with E-state index in [0.717, 1.165) is 37.0 Å². The summed E-state index contributed by atoms with van der Waals surface area (Å²) < 4.78 is 7.42. The molecule has 1 aliphatic rings. The van der Waals surface area contributed by atoms with Gasteiger partial charge in [0.2, 0.25) is 5.91 Å². The summed E-state index contributed by atoms with van der Waals surface area (Å²) in [6.07, 6.45) is 3.62. The number of carbonyl (C=O) groups excluding carboxylic acids is 1. The SMILES string of the molecule is COc1ccc(-c2n[nH]c(=S)n2CCC(=O)NC2(C#N)CCCC2)cc1. The molecule has 0 unspecified atom stereocenters. The average Bonchev–Trinajstić information content (AvgIpc) is 3.27. The molecule has 0 bridgehead atoms. The minimum absolute atomic E-state index is 0.141. The first kappa shape index (κ1) is 18.1. The quantitative estimate of drug-likeness (QED) is 0.761. The molecule has 3 rings (SSSR count). The highest BCUT2D eigenvalue weighted by molar-refractivity contribution is 7.71. The number of ether oxygens (including phenoxy) is 1. The highest BCUT2D eigenvalue weighted by atomic mass is 32.1. The Kier molecular flexibility index (Phi) is 5.38. The third-order valence-electron chi connectivity index (χ3n) is 4.72. The van der Waals surface area contributed by atoms with E-state index in [1.54, 1.807) is 11.7 Å². The Morgan fingerprint density at radius 1 is 1.42 bits per heavy atom. The number of carbonyl (C=O) groups is 1. The van der Waals surface area contributed by atoms with Crippen molar-refractivity contribution in [3.63, 3.8) is 0 Å². The number of nitrogens with one attached hydrogen (secondary N) is 2. The molecule has 26 heavy (non-hydrogen) atoms. The van der Waals surface area contributed by atoms with Gasteiger partial charge in [-0.25, -0.2) is 0 Å². The van der Waals surface area contributed by atoms with Gasteiger partial charge < -0.3 is 10.1 Å². The first-order chi connectivity index (χ1) is 12.6. The fraction of sp³-hybridized carbons (Fsp3) is 0.444. The van der Waals surface area contributed by atoms with Gasteiger partial charge in [0.15, 0.2) is 10.6 Å². The lowest BCUT2D eigenvalue weighted by molar-refractivity contribution is -0.122. The van der Waals surface area contributed by atoms with E-state index in [0.29, 0.717) is 17.1 Å². The molecule has 1 aliphatic carbocycles. The summed E-state index contributed by atoms with van der Waals surface area (Å²) in [5, 5.41) is 19.3. The number of hydrogen-bond acceptors (Lipinski definition) is 5. The lowest BCUT2D eigenvalue weighted by atomic mass is 10.00. The number of rotatable bonds is 6. The first-order valence-electron chi connectivity index (χ1n) is 8.59. The van der Waals surface area contributed by atoms with Crippen molar-refractivity contribution < 1.29 is 9.53 Å². The number of benzene rings is 1. The third kappa shape index (κ3) is 3.78. The van der Waals surface area contributed by atoms with Gasteiger partial charge in [-0.05, 0) is 62.2 Å². The number of aromatic amines is 1. The van der Waals surface area contributed by atoms with Crippen molar-refractivity contribution in [3.05, 3.63) is 29.0 Å². The van der Waals surface area contributed by atoms with Crippen LogP contribution in [-0.2, 0) is 11.3 Å². The summed E-state index contributed by atoms with van der Waals surface area (Å²) in [6, 6.07) is 9.75. The van der Waals surface area contributed by atoms with Gasteiger partial charge in [0.1, 0.15) is 11.3 Å². The Morgan fingerprint density at radius 3 is 2.73 bits per heavy atom. The van der Waals surface area contributed by atoms with E-state index in [1.165, 1.54) is 0 Å². The second-order valence-electron chi connectivity index (χ2n) is 6.43. The number of nitriles is 1. The minimum atomic E-state index is -0.701. The third-order valence-corrected chi connectivity index (χ3v) is 5.03. The van der Waals surface area contributed by atoms with Gasteiger partial charge in [0.25, 0.3) is 0 Å². The van der Waals surface area contributed by atoms with Crippen molar-refractivity contribution in [2.45, 2.75) is 44.2 Å². The molecule has 1 fully saturated rings. The van der Waals surface area contributed by atoms with E-state index in [-0.39, 0.29) is 12.3 Å². The van der Waals surface area contributed by atoms with Gasteiger partial charge in [0, 0.05) is 18.5 Å². The molecule has 1 aromatic carbocycles. The number of nitrogens with zero attached hydrogens (tertiary/aromatic N) is 3. The first-order valence-corrected chi connectivity index (χ1v) is 9.00. The van der Waals surface area contributed by atoms with Gasteiger partial charge in [-0.15, -0.1) is 0 Å². The second kappa shape index (κ2) is 7.70. The maximum absolute atomic E-state index is 12.3. The van der Waals surface area contributed by atoms with Crippen molar-refractivity contribution in [2.75, 3.05) is 7.11 Å². The van der Waals surface area contributed by atoms with E-state index in [9.17, 15) is 10.1 Å². The molecule has 7 nitrogen and oxygen atoms in total. The summed E-state index contributed by atoms with van der Waals surface area (Å²) in [7, 11) is 1.61. The van der Waals surface area contributed by atoms with E-state index in [1.807, 2.05) is 24.3 Å². The molecule has 0 spiro atoms. The van der Waals surface area contributed by atoms with Gasteiger partial charge in [0.05, 0.1) is 13.2 Å². The monoisotopic (exact) mass is 371 g/mol. The minimum Gasteiger partial charge on any atom is -0.497 e. The zero-order valence-electron chi connectivity index (χ0n) is 14.6.